The number of hydrogen-bond donors (Lipinski definition) is 0. The third-order valence-corrected chi connectivity index (χ3v) is 3.14. The summed E-state index contributed by atoms with van der Waals surface area (Å²) in [5.41, 5.74) is 1.49. The maximum atomic E-state index is 11.1. The number of carbonyl (C=O) groups excluding carboxylic acids is 1. The number of aldehydes is 1. The molecule has 0 saturated heterocycles. The molecule has 110 valence electrons. The zero-order chi connectivity index (χ0) is 15.1. The minimum atomic E-state index is 0.370. The minimum Gasteiger partial charge on any atom is -0.493 e. The zero-order valence-corrected chi connectivity index (χ0v) is 12.6. The summed E-state index contributed by atoms with van der Waals surface area (Å²) in [6, 6.07) is 12.6. The summed E-state index contributed by atoms with van der Waals surface area (Å²) >= 11 is 5.84. The van der Waals surface area contributed by atoms with Crippen molar-refractivity contribution in [3.8, 4) is 11.5 Å². The van der Waals surface area contributed by atoms with Crippen LogP contribution in [0.3, 0.4) is 0 Å². The van der Waals surface area contributed by atoms with Crippen molar-refractivity contribution in [1.82, 2.24) is 0 Å². The summed E-state index contributed by atoms with van der Waals surface area (Å²) in [7, 11) is 0. The predicted molar refractivity (Wildman–Crippen MR) is 83.4 cm³/mol. The van der Waals surface area contributed by atoms with Crippen LogP contribution in [0, 0.1) is 0 Å². The highest BCUT2D eigenvalue weighted by atomic mass is 35.5. The summed E-state index contributed by atoms with van der Waals surface area (Å²) in [6.45, 7) is 3.05. The number of hydrogen-bond acceptors (Lipinski definition) is 3. The van der Waals surface area contributed by atoms with Crippen molar-refractivity contribution in [2.45, 2.75) is 20.0 Å². The second-order valence-electron chi connectivity index (χ2n) is 4.58. The van der Waals surface area contributed by atoms with Crippen LogP contribution in [0.4, 0.5) is 0 Å². The Balaban J connectivity index is 2.09. The third kappa shape index (κ3) is 4.50. The summed E-state index contributed by atoms with van der Waals surface area (Å²) < 4.78 is 11.3. The van der Waals surface area contributed by atoms with Gasteiger partial charge in [0.25, 0.3) is 0 Å². The van der Waals surface area contributed by atoms with Gasteiger partial charge in [0.2, 0.25) is 0 Å². The van der Waals surface area contributed by atoms with Gasteiger partial charge in [-0.2, -0.15) is 0 Å². The van der Waals surface area contributed by atoms with Gasteiger partial charge < -0.3 is 9.47 Å². The molecule has 3 nitrogen and oxygen atoms in total. The average molecular weight is 305 g/mol. The van der Waals surface area contributed by atoms with Gasteiger partial charge in [0, 0.05) is 11.1 Å². The monoisotopic (exact) mass is 304 g/mol. The SMILES string of the molecule is CCCOc1ccc(C=O)c(OCc2ccc(Cl)cc2)c1. The first kappa shape index (κ1) is 15.4. The molecule has 0 aliphatic heterocycles. The van der Waals surface area contributed by atoms with Crippen LogP contribution >= 0.6 is 11.6 Å². The first-order valence-corrected chi connectivity index (χ1v) is 7.20. The van der Waals surface area contributed by atoms with E-state index in [9.17, 15) is 4.79 Å². The molecule has 0 amide bonds. The molecule has 0 saturated carbocycles. The van der Waals surface area contributed by atoms with E-state index >= 15 is 0 Å². The van der Waals surface area contributed by atoms with E-state index in [4.69, 9.17) is 21.1 Å². The minimum absolute atomic E-state index is 0.370. The van der Waals surface area contributed by atoms with Crippen molar-refractivity contribution in [3.05, 3.63) is 58.6 Å². The van der Waals surface area contributed by atoms with E-state index in [1.54, 1.807) is 18.2 Å². The van der Waals surface area contributed by atoms with Gasteiger partial charge in [0.05, 0.1) is 12.2 Å². The topological polar surface area (TPSA) is 35.5 Å². The van der Waals surface area contributed by atoms with Crippen LogP contribution < -0.4 is 9.47 Å². The molecule has 0 radical (unpaired) electrons. The highest BCUT2D eigenvalue weighted by Gasteiger charge is 2.06. The van der Waals surface area contributed by atoms with Gasteiger partial charge >= 0.3 is 0 Å². The van der Waals surface area contributed by atoms with Crippen molar-refractivity contribution >= 4 is 17.9 Å². The van der Waals surface area contributed by atoms with E-state index < -0.39 is 0 Å². The van der Waals surface area contributed by atoms with Gasteiger partial charge in [0.15, 0.2) is 6.29 Å². The molecule has 2 aromatic rings. The average Bonchev–Trinajstić information content (AvgIpc) is 2.52. The lowest BCUT2D eigenvalue weighted by Gasteiger charge is -2.11. The van der Waals surface area contributed by atoms with Crippen molar-refractivity contribution in [1.29, 1.82) is 0 Å². The first-order chi connectivity index (χ1) is 10.2. The van der Waals surface area contributed by atoms with Crippen molar-refractivity contribution in [2.24, 2.45) is 0 Å². The van der Waals surface area contributed by atoms with E-state index in [0.717, 1.165) is 18.3 Å². The van der Waals surface area contributed by atoms with Crippen LogP contribution in [0.1, 0.15) is 29.3 Å². The molecule has 0 spiro atoms. The van der Waals surface area contributed by atoms with Gasteiger partial charge in [0.1, 0.15) is 18.1 Å². The second-order valence-corrected chi connectivity index (χ2v) is 5.02. The number of rotatable bonds is 7. The van der Waals surface area contributed by atoms with Crippen LogP contribution in [0.15, 0.2) is 42.5 Å². The lowest BCUT2D eigenvalue weighted by Crippen LogP contribution is -2.00. The van der Waals surface area contributed by atoms with E-state index in [0.29, 0.717) is 35.3 Å². The predicted octanol–water partition coefficient (Wildman–Crippen LogP) is 4.52. The number of carbonyl (C=O) groups is 1. The van der Waals surface area contributed by atoms with E-state index in [-0.39, 0.29) is 0 Å². The maximum Gasteiger partial charge on any atom is 0.153 e. The van der Waals surface area contributed by atoms with E-state index in [1.807, 2.05) is 31.2 Å². The van der Waals surface area contributed by atoms with Crippen LogP contribution in [0.25, 0.3) is 0 Å². The van der Waals surface area contributed by atoms with Crippen molar-refractivity contribution < 1.29 is 14.3 Å². The Morgan fingerprint density at radius 3 is 2.52 bits per heavy atom. The highest BCUT2D eigenvalue weighted by Crippen LogP contribution is 2.25. The number of benzene rings is 2. The molecule has 21 heavy (non-hydrogen) atoms. The Labute approximate surface area is 129 Å². The lowest BCUT2D eigenvalue weighted by atomic mass is 10.2. The fourth-order valence-corrected chi connectivity index (χ4v) is 1.91. The fraction of sp³-hybridized carbons (Fsp3) is 0.235. The summed E-state index contributed by atoms with van der Waals surface area (Å²) in [6.07, 6.45) is 1.71. The van der Waals surface area contributed by atoms with Crippen LogP contribution in [-0.4, -0.2) is 12.9 Å². The van der Waals surface area contributed by atoms with Gasteiger partial charge in [-0.3, -0.25) is 4.79 Å². The Kier molecular flexibility index (Phi) is 5.64. The molecular formula is C17H17ClO3. The zero-order valence-electron chi connectivity index (χ0n) is 11.8. The molecule has 0 atom stereocenters. The van der Waals surface area contributed by atoms with Gasteiger partial charge in [-0.25, -0.2) is 0 Å². The largest absolute Gasteiger partial charge is 0.493 e. The molecule has 0 aliphatic carbocycles. The Morgan fingerprint density at radius 2 is 1.86 bits per heavy atom. The molecule has 0 unspecified atom stereocenters. The summed E-state index contributed by atoms with van der Waals surface area (Å²) in [5.74, 6) is 1.22. The molecule has 0 fully saturated rings. The van der Waals surface area contributed by atoms with Crippen molar-refractivity contribution in [2.75, 3.05) is 6.61 Å². The fourth-order valence-electron chi connectivity index (χ4n) is 1.79. The Hall–Kier alpha value is -2.00. The normalized spacial score (nSPS) is 10.2. The van der Waals surface area contributed by atoms with Gasteiger partial charge in [-0.1, -0.05) is 30.7 Å². The molecule has 2 rings (SSSR count). The molecule has 0 aromatic heterocycles. The first-order valence-electron chi connectivity index (χ1n) is 6.82. The van der Waals surface area contributed by atoms with Crippen LogP contribution in [0.5, 0.6) is 11.5 Å². The highest BCUT2D eigenvalue weighted by molar-refractivity contribution is 6.30. The standard InChI is InChI=1S/C17H17ClO3/c1-2-9-20-16-8-5-14(11-19)17(10-16)21-12-13-3-6-15(18)7-4-13/h3-8,10-11H,2,9,12H2,1H3. The molecule has 2 aromatic carbocycles. The van der Waals surface area contributed by atoms with E-state index in [1.165, 1.54) is 0 Å². The molecular weight excluding hydrogens is 288 g/mol. The van der Waals surface area contributed by atoms with Crippen molar-refractivity contribution in [3.63, 3.8) is 0 Å². The number of ether oxygens (including phenoxy) is 2. The molecule has 0 N–H and O–H groups in total. The number of halogens is 1. The Morgan fingerprint density at radius 1 is 1.10 bits per heavy atom. The molecule has 0 aliphatic rings. The second kappa shape index (κ2) is 7.70. The van der Waals surface area contributed by atoms with Gasteiger partial charge in [-0.15, -0.1) is 0 Å². The quantitative estimate of drug-likeness (QED) is 0.705. The summed E-state index contributed by atoms with van der Waals surface area (Å²) in [5, 5.41) is 0.683. The lowest BCUT2D eigenvalue weighted by molar-refractivity contribution is 0.111. The smallest absolute Gasteiger partial charge is 0.153 e. The van der Waals surface area contributed by atoms with Gasteiger partial charge in [-0.05, 0) is 36.2 Å². The van der Waals surface area contributed by atoms with E-state index in [2.05, 4.69) is 0 Å². The molecule has 4 heteroatoms. The Bertz CT molecular complexity index is 593. The van der Waals surface area contributed by atoms with Crippen LogP contribution in [-0.2, 0) is 6.61 Å². The molecule has 0 bridgehead atoms. The third-order valence-electron chi connectivity index (χ3n) is 2.89. The molecule has 0 heterocycles. The summed E-state index contributed by atoms with van der Waals surface area (Å²) in [4.78, 5) is 11.1. The maximum absolute atomic E-state index is 11.1. The van der Waals surface area contributed by atoms with Crippen LogP contribution in [0.2, 0.25) is 5.02 Å².